The topological polar surface area (TPSA) is 125 Å². The lowest BCUT2D eigenvalue weighted by atomic mass is 9.70. The molecule has 0 radical (unpaired) electrons. The zero-order valence-corrected chi connectivity index (χ0v) is 26.9. The predicted molar refractivity (Wildman–Crippen MR) is 171 cm³/mol. The van der Waals surface area contributed by atoms with Crippen molar-refractivity contribution in [2.45, 2.75) is 51.2 Å². The molecule has 3 aromatic carbocycles. The van der Waals surface area contributed by atoms with Gasteiger partial charge in [0.05, 0.1) is 30.4 Å². The van der Waals surface area contributed by atoms with Gasteiger partial charge in [-0.2, -0.15) is 0 Å². The highest BCUT2D eigenvalue weighted by molar-refractivity contribution is 7.89. The average molecular weight is 623 g/mol. The standard InChI is InChI=1S/C33H42N2O6SSi/c1-33(2,3)43(27-15-9-5-10-16-27,28-17-11-6-12-18-28)41-30(23-31(36)35-21-22-42(34,38)39)29-20-19-26(29)24-40-32(37)25-13-7-4-8-14-25/h4-18,26,29-30H,19-24H2,1-3H3,(H,35,36)(H2,34,38,39)/t26-,29+,30+/m0/s1. The first-order valence-electron chi connectivity index (χ1n) is 14.7. The van der Waals surface area contributed by atoms with Crippen LogP contribution in [0.5, 0.6) is 0 Å². The molecule has 4 rings (SSSR count). The number of amides is 1. The van der Waals surface area contributed by atoms with Crippen LogP contribution < -0.4 is 20.8 Å². The monoisotopic (exact) mass is 622 g/mol. The molecule has 0 aliphatic heterocycles. The van der Waals surface area contributed by atoms with E-state index in [2.05, 4.69) is 50.4 Å². The molecule has 0 saturated heterocycles. The van der Waals surface area contributed by atoms with Gasteiger partial charge in [0.15, 0.2) is 0 Å². The highest BCUT2D eigenvalue weighted by Gasteiger charge is 2.53. The fourth-order valence-corrected chi connectivity index (χ4v) is 11.0. The number of nitrogens with one attached hydrogen (secondary N) is 1. The SMILES string of the molecule is CC(C)(C)[Si](O[C@H](CC(=O)NCCS(N)(=O)=O)[C@@H]1CC[C@H]1COC(=O)c1ccccc1)(c1ccccc1)c1ccccc1. The Morgan fingerprint density at radius 2 is 1.44 bits per heavy atom. The molecule has 1 fully saturated rings. The molecule has 10 heteroatoms. The maximum absolute atomic E-state index is 13.3. The molecule has 3 N–H and O–H groups in total. The summed E-state index contributed by atoms with van der Waals surface area (Å²) in [6, 6.07) is 29.3. The lowest BCUT2D eigenvalue weighted by Crippen LogP contribution is -2.68. The molecule has 3 aromatic rings. The lowest BCUT2D eigenvalue weighted by Gasteiger charge is -2.49. The summed E-state index contributed by atoms with van der Waals surface area (Å²) < 4.78 is 36.0. The van der Waals surface area contributed by atoms with Crippen LogP contribution in [-0.4, -0.2) is 53.6 Å². The highest BCUT2D eigenvalue weighted by atomic mass is 32.2. The van der Waals surface area contributed by atoms with E-state index in [9.17, 15) is 18.0 Å². The van der Waals surface area contributed by atoms with Crippen LogP contribution in [0, 0.1) is 11.8 Å². The van der Waals surface area contributed by atoms with E-state index in [1.165, 1.54) is 0 Å². The fourth-order valence-electron chi connectivity index (χ4n) is 5.92. The second-order valence-electron chi connectivity index (χ2n) is 12.2. The smallest absolute Gasteiger partial charge is 0.338 e. The van der Waals surface area contributed by atoms with Crippen LogP contribution in [0.15, 0.2) is 91.0 Å². The molecule has 0 unspecified atom stereocenters. The van der Waals surface area contributed by atoms with Crippen LogP contribution in [0.2, 0.25) is 5.04 Å². The van der Waals surface area contributed by atoms with Crippen molar-refractivity contribution in [1.82, 2.24) is 5.32 Å². The normalized spacial score (nSPS) is 17.9. The van der Waals surface area contributed by atoms with Crippen molar-refractivity contribution in [3.05, 3.63) is 96.6 Å². The zero-order valence-electron chi connectivity index (χ0n) is 25.1. The summed E-state index contributed by atoms with van der Waals surface area (Å²) in [6.45, 7) is 6.70. The van der Waals surface area contributed by atoms with Gasteiger partial charge in [-0.25, -0.2) is 18.4 Å². The zero-order chi connectivity index (χ0) is 31.1. The third-order valence-electron chi connectivity index (χ3n) is 8.23. The van der Waals surface area contributed by atoms with Gasteiger partial charge in [0, 0.05) is 6.54 Å². The Morgan fingerprint density at radius 3 is 1.91 bits per heavy atom. The van der Waals surface area contributed by atoms with Gasteiger partial charge in [0.1, 0.15) is 0 Å². The van der Waals surface area contributed by atoms with Crippen molar-refractivity contribution in [2.24, 2.45) is 17.0 Å². The maximum atomic E-state index is 13.3. The van der Waals surface area contributed by atoms with E-state index in [-0.39, 0.29) is 54.1 Å². The second kappa shape index (κ2) is 14.0. The van der Waals surface area contributed by atoms with Crippen molar-refractivity contribution >= 4 is 40.6 Å². The summed E-state index contributed by atoms with van der Waals surface area (Å²) in [6.07, 6.45) is 1.22. The molecule has 43 heavy (non-hydrogen) atoms. The van der Waals surface area contributed by atoms with Gasteiger partial charge in [0.2, 0.25) is 15.9 Å². The van der Waals surface area contributed by atoms with E-state index in [4.69, 9.17) is 14.3 Å². The quantitative estimate of drug-likeness (QED) is 0.222. The summed E-state index contributed by atoms with van der Waals surface area (Å²) in [5.41, 5.74) is 0.493. The number of sulfonamides is 1. The number of esters is 1. The first-order chi connectivity index (χ1) is 20.4. The highest BCUT2D eigenvalue weighted by Crippen LogP contribution is 2.44. The van der Waals surface area contributed by atoms with Gasteiger partial charge in [-0.3, -0.25) is 4.79 Å². The number of carbonyl (C=O) groups excluding carboxylic acids is 2. The minimum absolute atomic E-state index is 0.0214. The van der Waals surface area contributed by atoms with Gasteiger partial charge >= 0.3 is 5.97 Å². The van der Waals surface area contributed by atoms with Crippen molar-refractivity contribution in [1.29, 1.82) is 0 Å². The minimum Gasteiger partial charge on any atom is -0.462 e. The van der Waals surface area contributed by atoms with E-state index < -0.39 is 24.4 Å². The van der Waals surface area contributed by atoms with Crippen molar-refractivity contribution in [3.8, 4) is 0 Å². The molecule has 230 valence electrons. The first-order valence-corrected chi connectivity index (χ1v) is 18.3. The number of ether oxygens (including phenoxy) is 1. The Labute approximate surface area is 256 Å². The van der Waals surface area contributed by atoms with Crippen LogP contribution in [0.25, 0.3) is 0 Å². The van der Waals surface area contributed by atoms with Crippen LogP contribution >= 0.6 is 0 Å². The third kappa shape index (κ3) is 8.20. The van der Waals surface area contributed by atoms with E-state index in [1.807, 2.05) is 42.5 Å². The lowest BCUT2D eigenvalue weighted by molar-refractivity contribution is -0.124. The molecule has 0 heterocycles. The molecular weight excluding hydrogens is 581 g/mol. The van der Waals surface area contributed by atoms with E-state index in [0.29, 0.717) is 5.56 Å². The number of hydrogen-bond donors (Lipinski definition) is 2. The van der Waals surface area contributed by atoms with E-state index >= 15 is 0 Å². The van der Waals surface area contributed by atoms with E-state index in [0.717, 1.165) is 23.2 Å². The summed E-state index contributed by atoms with van der Waals surface area (Å²) in [5.74, 6) is -1.04. The molecule has 1 saturated carbocycles. The molecule has 1 amide bonds. The molecule has 8 nitrogen and oxygen atoms in total. The van der Waals surface area contributed by atoms with Gasteiger partial charge in [-0.15, -0.1) is 0 Å². The van der Waals surface area contributed by atoms with Crippen molar-refractivity contribution in [2.75, 3.05) is 18.9 Å². The minimum atomic E-state index is -3.71. The number of hydrogen-bond acceptors (Lipinski definition) is 6. The summed E-state index contributed by atoms with van der Waals surface area (Å²) in [5, 5.41) is 9.74. The number of primary sulfonamides is 1. The van der Waals surface area contributed by atoms with Gasteiger partial charge in [-0.1, -0.05) is 99.6 Å². The third-order valence-corrected chi connectivity index (χ3v) is 14.1. The Hall–Kier alpha value is -3.31. The summed E-state index contributed by atoms with van der Waals surface area (Å²) in [4.78, 5) is 26.0. The largest absolute Gasteiger partial charge is 0.462 e. The van der Waals surface area contributed by atoms with Crippen LogP contribution in [0.3, 0.4) is 0 Å². The Kier molecular flexibility index (Phi) is 10.6. The summed E-state index contributed by atoms with van der Waals surface area (Å²) in [7, 11) is -6.73. The predicted octanol–water partition coefficient (Wildman–Crippen LogP) is 3.61. The van der Waals surface area contributed by atoms with Gasteiger partial charge < -0.3 is 14.5 Å². The van der Waals surface area contributed by atoms with Crippen LogP contribution in [0.4, 0.5) is 0 Å². The van der Waals surface area contributed by atoms with Crippen LogP contribution in [-0.2, 0) is 24.0 Å². The molecular formula is C33H42N2O6SSi. The molecule has 1 aliphatic rings. The molecule has 0 aromatic heterocycles. The molecule has 3 atom stereocenters. The van der Waals surface area contributed by atoms with Gasteiger partial charge in [-0.05, 0) is 52.2 Å². The fraction of sp³-hybridized carbons (Fsp3) is 0.394. The molecule has 1 aliphatic carbocycles. The number of nitrogens with two attached hydrogens (primary N) is 1. The number of rotatable bonds is 13. The molecule has 0 spiro atoms. The molecule has 0 bridgehead atoms. The maximum Gasteiger partial charge on any atom is 0.338 e. The van der Waals surface area contributed by atoms with Crippen molar-refractivity contribution in [3.63, 3.8) is 0 Å². The second-order valence-corrected chi connectivity index (χ2v) is 18.2. The number of benzene rings is 3. The Bertz CT molecular complexity index is 1420. The Balaban J connectivity index is 1.66. The number of carbonyl (C=O) groups is 2. The first kappa shape index (κ1) is 32.6. The van der Waals surface area contributed by atoms with E-state index in [1.54, 1.807) is 24.3 Å². The van der Waals surface area contributed by atoms with Crippen molar-refractivity contribution < 1.29 is 27.2 Å². The Morgan fingerprint density at radius 1 is 0.907 bits per heavy atom. The average Bonchev–Trinajstić information content (AvgIpc) is 2.95. The van der Waals surface area contributed by atoms with Gasteiger partial charge in [0.25, 0.3) is 8.32 Å². The van der Waals surface area contributed by atoms with Crippen LogP contribution in [0.1, 0.15) is 50.4 Å². The summed E-state index contributed by atoms with van der Waals surface area (Å²) >= 11 is 0.